The maximum Gasteiger partial charge on any atom is 0.231 e. The van der Waals surface area contributed by atoms with Gasteiger partial charge >= 0.3 is 0 Å². The zero-order valence-corrected chi connectivity index (χ0v) is 10.9. The van der Waals surface area contributed by atoms with Crippen LogP contribution < -0.4 is 9.47 Å². The molecule has 0 saturated carbocycles. The summed E-state index contributed by atoms with van der Waals surface area (Å²) in [6.45, 7) is 1.72. The van der Waals surface area contributed by atoms with Crippen LogP contribution in [-0.4, -0.2) is 30.2 Å². The van der Waals surface area contributed by atoms with Crippen molar-refractivity contribution < 1.29 is 18.6 Å². The van der Waals surface area contributed by atoms with Gasteiger partial charge in [0.05, 0.1) is 18.9 Å². The third kappa shape index (κ3) is 2.12. The van der Waals surface area contributed by atoms with Crippen molar-refractivity contribution in [3.63, 3.8) is 0 Å². The topological polar surface area (TPSA) is 66.6 Å². The molecule has 1 atom stereocenters. The van der Waals surface area contributed by atoms with Crippen molar-refractivity contribution in [2.75, 3.05) is 20.0 Å². The first-order chi connectivity index (χ1) is 9.88. The van der Waals surface area contributed by atoms with Crippen molar-refractivity contribution in [2.24, 2.45) is 0 Å². The summed E-state index contributed by atoms with van der Waals surface area (Å²) in [5.74, 6) is 3.09. The van der Waals surface area contributed by atoms with Gasteiger partial charge in [0.25, 0.3) is 0 Å². The highest BCUT2D eigenvalue weighted by molar-refractivity contribution is 5.44. The molecule has 1 aromatic carbocycles. The van der Waals surface area contributed by atoms with E-state index in [1.807, 2.05) is 18.2 Å². The first kappa shape index (κ1) is 11.7. The summed E-state index contributed by atoms with van der Waals surface area (Å²) >= 11 is 0. The zero-order chi connectivity index (χ0) is 13.4. The van der Waals surface area contributed by atoms with Gasteiger partial charge in [-0.3, -0.25) is 0 Å². The molecule has 2 aliphatic heterocycles. The lowest BCUT2D eigenvalue weighted by Crippen LogP contribution is -1.97. The first-order valence-electron chi connectivity index (χ1n) is 6.67. The van der Waals surface area contributed by atoms with Crippen molar-refractivity contribution in [1.29, 1.82) is 0 Å². The van der Waals surface area contributed by atoms with Crippen LogP contribution in [-0.2, 0) is 11.2 Å². The van der Waals surface area contributed by atoms with Gasteiger partial charge in [0.15, 0.2) is 11.5 Å². The van der Waals surface area contributed by atoms with Gasteiger partial charge in [-0.05, 0) is 24.1 Å². The molecule has 1 fully saturated rings. The van der Waals surface area contributed by atoms with E-state index in [1.165, 1.54) is 0 Å². The normalized spacial score (nSPS) is 20.5. The number of nitrogens with zero attached hydrogens (tertiary/aromatic N) is 2. The molecule has 1 unspecified atom stereocenters. The summed E-state index contributed by atoms with van der Waals surface area (Å²) in [7, 11) is 0. The lowest BCUT2D eigenvalue weighted by Gasteiger charge is -2.01. The van der Waals surface area contributed by atoms with Gasteiger partial charge in [-0.2, -0.15) is 0 Å². The Morgan fingerprint density at radius 3 is 3.00 bits per heavy atom. The molecular formula is C14H14N2O4. The quantitative estimate of drug-likeness (QED) is 0.851. The Morgan fingerprint density at radius 1 is 1.15 bits per heavy atom. The average molecular weight is 274 g/mol. The Labute approximate surface area is 115 Å². The van der Waals surface area contributed by atoms with Gasteiger partial charge in [0.1, 0.15) is 0 Å². The molecule has 2 aromatic rings. The van der Waals surface area contributed by atoms with Crippen molar-refractivity contribution in [3.05, 3.63) is 35.5 Å². The Balaban J connectivity index is 1.51. The molecule has 1 saturated heterocycles. The predicted molar refractivity (Wildman–Crippen MR) is 67.8 cm³/mol. The smallest absolute Gasteiger partial charge is 0.231 e. The van der Waals surface area contributed by atoms with Crippen LogP contribution >= 0.6 is 0 Å². The second kappa shape index (κ2) is 4.79. The number of fused-ring (bicyclic) bond motifs is 1. The van der Waals surface area contributed by atoms with Gasteiger partial charge in [-0.15, -0.1) is 10.2 Å². The highest BCUT2D eigenvalue weighted by Crippen LogP contribution is 2.33. The Morgan fingerprint density at radius 2 is 2.10 bits per heavy atom. The van der Waals surface area contributed by atoms with Crippen LogP contribution in [0.2, 0.25) is 0 Å². The first-order valence-corrected chi connectivity index (χ1v) is 6.67. The van der Waals surface area contributed by atoms with E-state index in [1.54, 1.807) is 0 Å². The molecule has 6 nitrogen and oxygen atoms in total. The Bertz CT molecular complexity index is 619. The van der Waals surface area contributed by atoms with Gasteiger partial charge < -0.3 is 18.6 Å². The van der Waals surface area contributed by atoms with Crippen LogP contribution in [0.25, 0.3) is 0 Å². The van der Waals surface area contributed by atoms with Crippen LogP contribution in [0.5, 0.6) is 11.5 Å². The van der Waals surface area contributed by atoms with Crippen LogP contribution in [0, 0.1) is 0 Å². The molecule has 3 heterocycles. The lowest BCUT2D eigenvalue weighted by atomic mass is 10.1. The molecule has 0 N–H and O–H groups in total. The lowest BCUT2D eigenvalue weighted by molar-refractivity contribution is 0.174. The Kier molecular flexibility index (Phi) is 2.81. The van der Waals surface area contributed by atoms with E-state index in [-0.39, 0.29) is 12.7 Å². The number of ether oxygens (including phenoxy) is 3. The summed E-state index contributed by atoms with van der Waals surface area (Å²) < 4.78 is 21.7. The molecule has 2 aliphatic rings. The van der Waals surface area contributed by atoms with E-state index in [2.05, 4.69) is 10.2 Å². The highest BCUT2D eigenvalue weighted by atomic mass is 16.7. The molecule has 0 radical (unpaired) electrons. The monoisotopic (exact) mass is 274 g/mol. The van der Waals surface area contributed by atoms with E-state index in [4.69, 9.17) is 18.6 Å². The van der Waals surface area contributed by atoms with Crippen molar-refractivity contribution >= 4 is 0 Å². The number of hydrogen-bond donors (Lipinski definition) is 0. The van der Waals surface area contributed by atoms with Crippen molar-refractivity contribution in [3.8, 4) is 11.5 Å². The molecule has 0 bridgehead atoms. The van der Waals surface area contributed by atoms with Gasteiger partial charge in [0.2, 0.25) is 18.6 Å². The van der Waals surface area contributed by atoms with E-state index in [9.17, 15) is 0 Å². The molecule has 0 aliphatic carbocycles. The summed E-state index contributed by atoms with van der Waals surface area (Å²) in [6, 6.07) is 5.83. The molecule has 20 heavy (non-hydrogen) atoms. The summed E-state index contributed by atoms with van der Waals surface area (Å²) in [5, 5.41) is 8.22. The molecule has 1 aromatic heterocycles. The van der Waals surface area contributed by atoms with E-state index in [0.717, 1.165) is 30.1 Å². The fourth-order valence-electron chi connectivity index (χ4n) is 2.46. The summed E-state index contributed by atoms with van der Waals surface area (Å²) in [5.41, 5.74) is 1.06. The largest absolute Gasteiger partial charge is 0.454 e. The molecular weight excluding hydrogens is 260 g/mol. The van der Waals surface area contributed by atoms with E-state index in [0.29, 0.717) is 24.8 Å². The fraction of sp³-hybridized carbons (Fsp3) is 0.429. The van der Waals surface area contributed by atoms with E-state index >= 15 is 0 Å². The minimum atomic E-state index is 0.244. The Hall–Kier alpha value is -2.08. The number of hydrogen-bond acceptors (Lipinski definition) is 6. The third-order valence-corrected chi connectivity index (χ3v) is 3.55. The number of benzene rings is 1. The minimum Gasteiger partial charge on any atom is -0.454 e. The average Bonchev–Trinajstić information content (AvgIpc) is 3.19. The third-order valence-electron chi connectivity index (χ3n) is 3.55. The number of aromatic nitrogens is 2. The molecule has 0 amide bonds. The van der Waals surface area contributed by atoms with Crippen molar-refractivity contribution in [1.82, 2.24) is 10.2 Å². The van der Waals surface area contributed by atoms with Crippen LogP contribution in [0.15, 0.2) is 22.6 Å². The van der Waals surface area contributed by atoms with Crippen LogP contribution in [0.1, 0.15) is 29.7 Å². The fourth-order valence-corrected chi connectivity index (χ4v) is 2.46. The highest BCUT2D eigenvalue weighted by Gasteiger charge is 2.23. The van der Waals surface area contributed by atoms with Crippen LogP contribution in [0.4, 0.5) is 0 Å². The SMILES string of the molecule is c1cc2c(cc1Cc1nnc(C3CCOC3)o1)OCO2. The zero-order valence-electron chi connectivity index (χ0n) is 10.9. The minimum absolute atomic E-state index is 0.244. The predicted octanol–water partition coefficient (Wildman–Crippen LogP) is 1.89. The maximum absolute atomic E-state index is 5.72. The van der Waals surface area contributed by atoms with Gasteiger partial charge in [-0.1, -0.05) is 6.07 Å². The molecule has 104 valence electrons. The van der Waals surface area contributed by atoms with Gasteiger partial charge in [-0.25, -0.2) is 0 Å². The second-order valence-electron chi connectivity index (χ2n) is 4.96. The summed E-state index contributed by atoms with van der Waals surface area (Å²) in [4.78, 5) is 0. The maximum atomic E-state index is 5.72. The second-order valence-corrected chi connectivity index (χ2v) is 4.96. The molecule has 6 heteroatoms. The number of rotatable bonds is 3. The standard InChI is InChI=1S/C14H14N2O4/c1-2-11-12(19-8-18-11)5-9(1)6-13-15-16-14(20-13)10-3-4-17-7-10/h1-2,5,10H,3-4,6-8H2. The van der Waals surface area contributed by atoms with Crippen molar-refractivity contribution in [2.45, 2.75) is 18.8 Å². The van der Waals surface area contributed by atoms with Crippen LogP contribution in [0.3, 0.4) is 0 Å². The molecule has 0 spiro atoms. The van der Waals surface area contributed by atoms with E-state index < -0.39 is 0 Å². The summed E-state index contributed by atoms with van der Waals surface area (Å²) in [6.07, 6.45) is 1.54. The molecule has 4 rings (SSSR count). The van der Waals surface area contributed by atoms with Gasteiger partial charge in [0, 0.05) is 6.61 Å².